The van der Waals surface area contributed by atoms with E-state index >= 15 is 4.39 Å². The van der Waals surface area contributed by atoms with Crippen LogP contribution in [-0.4, -0.2) is 7.11 Å². The minimum absolute atomic E-state index is 0.258. The minimum Gasteiger partial charge on any atom is -0.380 e. The Kier molecular flexibility index (Phi) is 6.25. The van der Waals surface area contributed by atoms with E-state index in [2.05, 4.69) is 0 Å². The first-order valence-electron chi connectivity index (χ1n) is 10.2. The molecule has 4 aromatic rings. The maximum atomic E-state index is 15.1. The summed E-state index contributed by atoms with van der Waals surface area (Å²) in [5, 5.41) is 10.1. The van der Waals surface area contributed by atoms with Crippen molar-refractivity contribution < 1.29 is 17.9 Å². The van der Waals surface area contributed by atoms with E-state index in [1.165, 1.54) is 6.07 Å². The second-order valence-corrected chi connectivity index (χ2v) is 7.65. The molecule has 0 aliphatic rings. The van der Waals surface area contributed by atoms with Crippen LogP contribution in [0.3, 0.4) is 0 Å². The van der Waals surface area contributed by atoms with E-state index in [1.807, 2.05) is 42.5 Å². The molecule has 0 bridgehead atoms. The summed E-state index contributed by atoms with van der Waals surface area (Å²) in [5.74, 6) is -2.13. The molecule has 0 amide bonds. The lowest BCUT2D eigenvalue weighted by Gasteiger charge is -2.10. The maximum Gasteiger partial charge on any atom is 0.144 e. The number of nitriles is 1. The molecule has 2 nitrogen and oxygen atoms in total. The highest BCUT2D eigenvalue weighted by Gasteiger charge is 2.13. The van der Waals surface area contributed by atoms with Crippen molar-refractivity contribution in [1.29, 1.82) is 5.26 Å². The summed E-state index contributed by atoms with van der Waals surface area (Å²) in [5.41, 5.74) is 3.34. The molecule has 0 aliphatic carbocycles. The van der Waals surface area contributed by atoms with Gasteiger partial charge in [0.25, 0.3) is 0 Å². The van der Waals surface area contributed by atoms with Gasteiger partial charge in [-0.25, -0.2) is 13.2 Å². The Morgan fingerprint density at radius 1 is 0.781 bits per heavy atom. The summed E-state index contributed by atoms with van der Waals surface area (Å²) >= 11 is 0. The lowest BCUT2D eigenvalue weighted by Crippen LogP contribution is -1.99. The molecule has 0 atom stereocenters. The lowest BCUT2D eigenvalue weighted by molar-refractivity contribution is 0.185. The smallest absolute Gasteiger partial charge is 0.144 e. The summed E-state index contributed by atoms with van der Waals surface area (Å²) in [6, 6.07) is 20.9. The van der Waals surface area contributed by atoms with Gasteiger partial charge in [-0.3, -0.25) is 0 Å². The van der Waals surface area contributed by atoms with Crippen molar-refractivity contribution in [2.75, 3.05) is 7.11 Å². The number of benzene rings is 4. The molecule has 0 saturated heterocycles. The first kappa shape index (κ1) is 21.6. The van der Waals surface area contributed by atoms with Crippen LogP contribution in [0.15, 0.2) is 66.7 Å². The fourth-order valence-electron chi connectivity index (χ4n) is 3.83. The summed E-state index contributed by atoms with van der Waals surface area (Å²) in [6.45, 7) is 0.549. The second-order valence-electron chi connectivity index (χ2n) is 7.65. The van der Waals surface area contributed by atoms with Gasteiger partial charge in [0.1, 0.15) is 29.1 Å². The highest BCUT2D eigenvalue weighted by atomic mass is 19.1. The average Bonchev–Trinajstić information content (AvgIpc) is 2.79. The van der Waals surface area contributed by atoms with Crippen LogP contribution in [0.2, 0.25) is 0 Å². The fraction of sp³-hybridized carbons (Fsp3) is 0.148. The first-order valence-corrected chi connectivity index (χ1v) is 10.2. The first-order chi connectivity index (χ1) is 15.5. The van der Waals surface area contributed by atoms with Gasteiger partial charge in [0.05, 0.1) is 6.61 Å². The molecule has 0 heterocycles. The highest BCUT2D eigenvalue weighted by molar-refractivity contribution is 5.88. The zero-order chi connectivity index (χ0) is 22.7. The normalized spacial score (nSPS) is 11.0. The van der Waals surface area contributed by atoms with Crippen LogP contribution in [0.4, 0.5) is 13.2 Å². The molecule has 4 aromatic carbocycles. The van der Waals surface area contributed by atoms with Crippen LogP contribution in [0.5, 0.6) is 0 Å². The number of hydrogen-bond donors (Lipinski definition) is 0. The molecule has 0 aliphatic heterocycles. The molecule has 0 N–H and O–H groups in total. The van der Waals surface area contributed by atoms with Crippen molar-refractivity contribution in [3.8, 4) is 17.2 Å². The summed E-state index contributed by atoms with van der Waals surface area (Å²) in [4.78, 5) is 0. The number of fused-ring (bicyclic) bond motifs is 1. The van der Waals surface area contributed by atoms with Crippen molar-refractivity contribution in [2.24, 2.45) is 0 Å². The molecule has 0 spiro atoms. The van der Waals surface area contributed by atoms with E-state index in [4.69, 9.17) is 10.00 Å². The maximum absolute atomic E-state index is 15.1. The number of nitrogens with zero attached hydrogens (tertiary/aromatic N) is 1. The molecule has 0 saturated carbocycles. The number of aryl methyl sites for hydroxylation is 2. The van der Waals surface area contributed by atoms with E-state index in [0.29, 0.717) is 23.1 Å². The quantitative estimate of drug-likeness (QED) is 0.339. The Hall–Kier alpha value is -3.62. The SMILES string of the molecule is COCc1ccc(-c2ccc3c(F)c(CCc4cc(F)c(C#N)c(F)c4)ccc3c2)cc1. The van der Waals surface area contributed by atoms with Crippen LogP contribution >= 0.6 is 0 Å². The third-order valence-electron chi connectivity index (χ3n) is 5.53. The van der Waals surface area contributed by atoms with E-state index in [1.54, 1.807) is 19.2 Å². The molecule has 0 unspecified atom stereocenters. The van der Waals surface area contributed by atoms with E-state index < -0.39 is 17.2 Å². The molecular formula is C27H20F3NO. The number of methoxy groups -OCH3 is 1. The van der Waals surface area contributed by atoms with Gasteiger partial charge in [0, 0.05) is 12.5 Å². The van der Waals surface area contributed by atoms with Gasteiger partial charge in [0.2, 0.25) is 0 Å². The van der Waals surface area contributed by atoms with Crippen LogP contribution in [0.25, 0.3) is 21.9 Å². The molecule has 0 radical (unpaired) electrons. The summed E-state index contributed by atoms with van der Waals surface area (Å²) in [6.07, 6.45) is 0.545. The zero-order valence-electron chi connectivity index (χ0n) is 17.5. The Balaban J connectivity index is 1.57. The molecule has 0 fully saturated rings. The van der Waals surface area contributed by atoms with Crippen molar-refractivity contribution in [1.82, 2.24) is 0 Å². The van der Waals surface area contributed by atoms with Gasteiger partial charge in [-0.2, -0.15) is 5.26 Å². The van der Waals surface area contributed by atoms with Gasteiger partial charge >= 0.3 is 0 Å². The van der Waals surface area contributed by atoms with E-state index in [9.17, 15) is 8.78 Å². The third-order valence-corrected chi connectivity index (χ3v) is 5.53. The van der Waals surface area contributed by atoms with Crippen molar-refractivity contribution in [3.63, 3.8) is 0 Å². The standard InChI is InChI=1S/C27H20F3NO/c1-32-16-17-2-5-19(6-3-17)21-10-11-23-22(14-21)9-8-20(27(23)30)7-4-18-12-25(28)24(15-31)26(29)13-18/h2-3,5-6,8-14H,4,7,16H2,1H3. The Labute approximate surface area is 184 Å². The molecule has 4 rings (SSSR count). The Bertz CT molecular complexity index is 1300. The Morgan fingerprint density at radius 3 is 2.12 bits per heavy atom. The number of hydrogen-bond acceptors (Lipinski definition) is 2. The predicted octanol–water partition coefficient (Wildman–Crippen LogP) is 6.73. The van der Waals surface area contributed by atoms with Crippen LogP contribution in [0.1, 0.15) is 22.3 Å². The van der Waals surface area contributed by atoms with Crippen LogP contribution < -0.4 is 0 Å². The molecule has 160 valence electrons. The lowest BCUT2D eigenvalue weighted by atomic mass is 9.96. The van der Waals surface area contributed by atoms with Crippen molar-refractivity contribution in [2.45, 2.75) is 19.4 Å². The van der Waals surface area contributed by atoms with Gasteiger partial charge < -0.3 is 4.74 Å². The molecular weight excluding hydrogens is 411 g/mol. The molecule has 0 aromatic heterocycles. The Morgan fingerprint density at radius 2 is 1.47 bits per heavy atom. The molecule has 5 heteroatoms. The van der Waals surface area contributed by atoms with E-state index in [0.717, 1.165) is 34.2 Å². The van der Waals surface area contributed by atoms with Crippen LogP contribution in [0, 0.1) is 28.8 Å². The summed E-state index contributed by atoms with van der Waals surface area (Å²) in [7, 11) is 1.65. The topological polar surface area (TPSA) is 33.0 Å². The van der Waals surface area contributed by atoms with E-state index in [-0.39, 0.29) is 18.7 Å². The van der Waals surface area contributed by atoms with Crippen molar-refractivity contribution in [3.05, 3.63) is 106 Å². The minimum atomic E-state index is -0.899. The number of ether oxygens (including phenoxy) is 1. The van der Waals surface area contributed by atoms with Gasteiger partial charge in [-0.1, -0.05) is 48.5 Å². The zero-order valence-corrected chi connectivity index (χ0v) is 17.5. The average molecular weight is 431 g/mol. The highest BCUT2D eigenvalue weighted by Crippen LogP contribution is 2.28. The summed E-state index contributed by atoms with van der Waals surface area (Å²) < 4.78 is 47.9. The second kappa shape index (κ2) is 9.25. The van der Waals surface area contributed by atoms with Gasteiger partial charge in [0.15, 0.2) is 0 Å². The third kappa shape index (κ3) is 4.37. The molecule has 32 heavy (non-hydrogen) atoms. The number of rotatable bonds is 6. The monoisotopic (exact) mass is 431 g/mol. The van der Waals surface area contributed by atoms with Crippen LogP contribution in [-0.2, 0) is 24.2 Å². The van der Waals surface area contributed by atoms with Gasteiger partial charge in [-0.05, 0) is 64.2 Å². The van der Waals surface area contributed by atoms with Crippen molar-refractivity contribution >= 4 is 10.8 Å². The number of halogens is 3. The van der Waals surface area contributed by atoms with Gasteiger partial charge in [-0.15, -0.1) is 0 Å². The predicted molar refractivity (Wildman–Crippen MR) is 119 cm³/mol. The largest absolute Gasteiger partial charge is 0.380 e. The fourth-order valence-corrected chi connectivity index (χ4v) is 3.83.